The smallest absolute Gasteiger partial charge is 0.268 e. The van der Waals surface area contributed by atoms with E-state index in [9.17, 15) is 9.59 Å². The van der Waals surface area contributed by atoms with Gasteiger partial charge in [-0.05, 0) is 31.2 Å². The molecule has 2 aromatic carbocycles. The third-order valence-corrected chi connectivity index (χ3v) is 6.52. The van der Waals surface area contributed by atoms with Crippen LogP contribution in [-0.2, 0) is 4.79 Å². The molecule has 1 amide bonds. The first-order valence-electron chi connectivity index (χ1n) is 10.2. The van der Waals surface area contributed by atoms with Gasteiger partial charge in [-0.3, -0.25) is 18.9 Å². The van der Waals surface area contributed by atoms with Gasteiger partial charge in [-0.15, -0.1) is 11.3 Å². The highest BCUT2D eigenvalue weighted by molar-refractivity contribution is 7.15. The van der Waals surface area contributed by atoms with Crippen LogP contribution >= 0.6 is 11.3 Å². The predicted octanol–water partition coefficient (Wildman–Crippen LogP) is 4.54. The van der Waals surface area contributed by atoms with E-state index in [0.717, 1.165) is 27.1 Å². The Hall–Kier alpha value is -3.91. The molecular weight excluding hydrogens is 424 g/mol. The molecule has 32 heavy (non-hydrogen) atoms. The largest absolute Gasteiger partial charge is 0.479 e. The van der Waals surface area contributed by atoms with Crippen LogP contribution in [0.1, 0.15) is 17.3 Å². The lowest BCUT2D eigenvalue weighted by Gasteiger charge is -2.32. The molecule has 1 aliphatic heterocycles. The maximum atomic E-state index is 13.2. The van der Waals surface area contributed by atoms with Gasteiger partial charge in [-0.1, -0.05) is 18.2 Å². The van der Waals surface area contributed by atoms with E-state index in [2.05, 4.69) is 9.97 Å². The van der Waals surface area contributed by atoms with Gasteiger partial charge < -0.3 is 9.72 Å². The zero-order valence-corrected chi connectivity index (χ0v) is 17.9. The molecule has 4 heterocycles. The Morgan fingerprint density at radius 2 is 2.12 bits per heavy atom. The van der Waals surface area contributed by atoms with E-state index in [0.29, 0.717) is 17.0 Å². The summed E-state index contributed by atoms with van der Waals surface area (Å²) < 4.78 is 7.78. The fourth-order valence-corrected chi connectivity index (χ4v) is 4.83. The number of aromatic nitrogens is 3. The summed E-state index contributed by atoms with van der Waals surface area (Å²) in [5.74, 6) is 0.200. The summed E-state index contributed by atoms with van der Waals surface area (Å²) in [6.45, 7) is 1.63. The van der Waals surface area contributed by atoms with Gasteiger partial charge in [0, 0.05) is 46.0 Å². The zero-order chi connectivity index (χ0) is 21.8. The maximum Gasteiger partial charge on any atom is 0.268 e. The molecule has 0 spiro atoms. The second-order valence-corrected chi connectivity index (χ2v) is 8.63. The number of imidazole rings is 1. The van der Waals surface area contributed by atoms with Crippen molar-refractivity contribution in [2.45, 2.75) is 13.0 Å². The summed E-state index contributed by atoms with van der Waals surface area (Å²) in [7, 11) is 0. The number of carbonyl (C=O) groups is 2. The summed E-state index contributed by atoms with van der Waals surface area (Å²) in [4.78, 5) is 36.4. The van der Waals surface area contributed by atoms with Crippen molar-refractivity contribution in [1.82, 2.24) is 14.4 Å². The monoisotopic (exact) mass is 442 g/mol. The van der Waals surface area contributed by atoms with Crippen molar-refractivity contribution in [3.63, 3.8) is 0 Å². The van der Waals surface area contributed by atoms with Gasteiger partial charge in [-0.2, -0.15) is 0 Å². The number of H-pyrrole nitrogens is 1. The highest BCUT2D eigenvalue weighted by Crippen LogP contribution is 2.38. The number of fused-ring (bicyclic) bond motifs is 3. The van der Waals surface area contributed by atoms with E-state index < -0.39 is 6.10 Å². The van der Waals surface area contributed by atoms with Crippen molar-refractivity contribution in [2.75, 3.05) is 11.4 Å². The number of anilines is 1. The highest BCUT2D eigenvalue weighted by atomic mass is 32.1. The molecule has 0 saturated heterocycles. The van der Waals surface area contributed by atoms with Gasteiger partial charge in [0.25, 0.3) is 5.91 Å². The lowest BCUT2D eigenvalue weighted by Crippen LogP contribution is -2.46. The molecule has 8 heteroatoms. The third-order valence-electron chi connectivity index (χ3n) is 5.75. The Morgan fingerprint density at radius 1 is 1.25 bits per heavy atom. The number of aromatic amines is 1. The van der Waals surface area contributed by atoms with Crippen LogP contribution in [0.4, 0.5) is 5.69 Å². The van der Waals surface area contributed by atoms with Crippen molar-refractivity contribution >= 4 is 44.6 Å². The Kier molecular flexibility index (Phi) is 4.16. The number of benzene rings is 2. The van der Waals surface area contributed by atoms with E-state index >= 15 is 0 Å². The maximum absolute atomic E-state index is 13.2. The van der Waals surface area contributed by atoms with Crippen LogP contribution in [0, 0.1) is 0 Å². The molecule has 0 bridgehead atoms. The van der Waals surface area contributed by atoms with Crippen molar-refractivity contribution in [3.8, 4) is 17.0 Å². The average molecular weight is 443 g/mol. The molecule has 7 nitrogen and oxygen atoms in total. The van der Waals surface area contributed by atoms with E-state index in [4.69, 9.17) is 4.74 Å². The number of hydrogen-bond acceptors (Lipinski definition) is 5. The number of nitrogens with zero attached hydrogens (tertiary/aromatic N) is 3. The molecule has 1 aliphatic rings. The van der Waals surface area contributed by atoms with E-state index in [1.165, 1.54) is 4.90 Å². The van der Waals surface area contributed by atoms with E-state index in [1.807, 2.05) is 64.6 Å². The zero-order valence-electron chi connectivity index (χ0n) is 17.1. The number of carbonyl (C=O) groups excluding carboxylic acids is 2. The molecule has 1 N–H and O–H groups in total. The average Bonchev–Trinajstić information content (AvgIpc) is 3.51. The lowest BCUT2D eigenvalue weighted by molar-refractivity contribution is -0.125. The van der Waals surface area contributed by atoms with Crippen LogP contribution in [0.3, 0.4) is 0 Å². The second-order valence-electron chi connectivity index (χ2n) is 7.76. The van der Waals surface area contributed by atoms with Crippen molar-refractivity contribution in [3.05, 3.63) is 72.0 Å². The van der Waals surface area contributed by atoms with E-state index in [1.54, 1.807) is 24.5 Å². The Bertz CT molecular complexity index is 1480. The summed E-state index contributed by atoms with van der Waals surface area (Å²) in [6.07, 6.45) is 4.94. The van der Waals surface area contributed by atoms with E-state index in [-0.39, 0.29) is 18.2 Å². The van der Waals surface area contributed by atoms with Crippen LogP contribution < -0.4 is 9.64 Å². The minimum absolute atomic E-state index is 0.0664. The normalized spacial score (nSPS) is 15.8. The minimum atomic E-state index is -0.665. The second kappa shape index (κ2) is 7.06. The Morgan fingerprint density at radius 3 is 3.00 bits per heavy atom. The van der Waals surface area contributed by atoms with Gasteiger partial charge in [0.1, 0.15) is 5.75 Å². The summed E-state index contributed by atoms with van der Waals surface area (Å²) in [5.41, 5.74) is 3.69. The van der Waals surface area contributed by atoms with Crippen molar-refractivity contribution in [2.24, 2.45) is 0 Å². The Labute approximate surface area is 186 Å². The first kappa shape index (κ1) is 18.8. The topological polar surface area (TPSA) is 79.7 Å². The molecule has 0 radical (unpaired) electrons. The lowest BCUT2D eigenvalue weighted by atomic mass is 10.1. The third kappa shape index (κ3) is 2.91. The molecule has 0 fully saturated rings. The number of hydrogen-bond donors (Lipinski definition) is 1. The first-order chi connectivity index (χ1) is 15.6. The Balaban J connectivity index is 1.39. The number of Topliss-reactive ketones (excluding diaryl/α,β-unsaturated/α-hetero) is 1. The molecule has 0 saturated carbocycles. The van der Waals surface area contributed by atoms with Crippen LogP contribution in [0.25, 0.3) is 27.1 Å². The quantitative estimate of drug-likeness (QED) is 0.415. The first-order valence-corrected chi connectivity index (χ1v) is 11.1. The highest BCUT2D eigenvalue weighted by Gasteiger charge is 2.33. The van der Waals surface area contributed by atoms with Crippen molar-refractivity contribution in [1.29, 1.82) is 0 Å². The fraction of sp³-hybridized carbons (Fsp3) is 0.125. The molecule has 3 aromatic heterocycles. The SMILES string of the molecule is CC1Oc2ccc(-c3cn4ccsc4n3)cc2N(CC(=O)c2c[nH]c3ccccc23)C1=O. The molecule has 1 unspecified atom stereocenters. The number of ketones is 1. The fourth-order valence-electron chi connectivity index (χ4n) is 4.13. The van der Waals surface area contributed by atoms with Gasteiger partial charge in [0.15, 0.2) is 16.8 Å². The standard InChI is InChI=1S/C24H18N4O3S/c1-14-23(30)28(13-21(29)17-11-25-18-5-3-2-4-16(17)18)20-10-15(6-7-22(20)31-14)19-12-27-8-9-32-24(27)26-19/h2-12,14,25H,13H2,1H3. The van der Waals surface area contributed by atoms with Crippen LogP contribution in [0.2, 0.25) is 0 Å². The molecule has 6 rings (SSSR count). The number of ether oxygens (including phenoxy) is 1. The number of amides is 1. The predicted molar refractivity (Wildman–Crippen MR) is 124 cm³/mol. The molecule has 158 valence electrons. The number of nitrogens with one attached hydrogen (secondary N) is 1. The van der Waals surface area contributed by atoms with Crippen LogP contribution in [-0.4, -0.2) is 38.7 Å². The number of thiazole rings is 1. The van der Waals surface area contributed by atoms with Gasteiger partial charge >= 0.3 is 0 Å². The minimum Gasteiger partial charge on any atom is -0.479 e. The van der Waals surface area contributed by atoms with Crippen LogP contribution in [0.15, 0.2) is 66.4 Å². The number of para-hydroxylation sites is 1. The van der Waals surface area contributed by atoms with Gasteiger partial charge in [0.2, 0.25) is 0 Å². The number of rotatable bonds is 4. The summed E-state index contributed by atoms with van der Waals surface area (Å²) >= 11 is 1.56. The van der Waals surface area contributed by atoms with Crippen LogP contribution in [0.5, 0.6) is 5.75 Å². The molecule has 0 aliphatic carbocycles. The summed E-state index contributed by atoms with van der Waals surface area (Å²) in [6, 6.07) is 13.3. The van der Waals surface area contributed by atoms with Crippen molar-refractivity contribution < 1.29 is 14.3 Å². The molecule has 5 aromatic rings. The summed E-state index contributed by atoms with van der Waals surface area (Å²) in [5, 5.41) is 2.82. The van der Waals surface area contributed by atoms with Gasteiger partial charge in [-0.25, -0.2) is 4.98 Å². The molecule has 1 atom stereocenters. The molecular formula is C24H18N4O3S. The van der Waals surface area contributed by atoms with Gasteiger partial charge in [0.05, 0.1) is 17.9 Å².